The van der Waals surface area contributed by atoms with Gasteiger partial charge in [0.1, 0.15) is 28.9 Å². The predicted octanol–water partition coefficient (Wildman–Crippen LogP) is 1.33. The summed E-state index contributed by atoms with van der Waals surface area (Å²) in [7, 11) is 6.70. The van der Waals surface area contributed by atoms with E-state index in [1.54, 1.807) is 28.4 Å². The number of fused-ring (bicyclic) bond motifs is 1. The van der Waals surface area contributed by atoms with Gasteiger partial charge in [-0.3, -0.25) is 4.99 Å². The van der Waals surface area contributed by atoms with Gasteiger partial charge in [0.15, 0.2) is 5.96 Å². The van der Waals surface area contributed by atoms with Crippen molar-refractivity contribution < 1.29 is 14.2 Å². The standard InChI is InChI=1S/C20H30N6O3/c1-13-23-19-7-6-14(12-26(19)25-13)24-20(21-2)22-9-8-16-17(28-4)10-15(27-3)11-18(16)29-5/h10-11,14H,6-9,12H2,1-5H3,(H2,21,22,24). The normalized spacial score (nSPS) is 16.2. The fraction of sp³-hybridized carbons (Fsp3) is 0.550. The number of ether oxygens (including phenoxy) is 3. The van der Waals surface area contributed by atoms with Gasteiger partial charge in [-0.05, 0) is 19.8 Å². The number of methoxy groups -OCH3 is 3. The molecule has 0 bridgehead atoms. The average Bonchev–Trinajstić information content (AvgIpc) is 3.11. The molecule has 1 aromatic heterocycles. The van der Waals surface area contributed by atoms with Gasteiger partial charge in [-0.15, -0.1) is 0 Å². The Kier molecular flexibility index (Phi) is 6.79. The first-order chi connectivity index (χ1) is 14.1. The van der Waals surface area contributed by atoms with Crippen molar-refractivity contribution >= 4 is 5.96 Å². The Bertz CT molecular complexity index is 839. The maximum Gasteiger partial charge on any atom is 0.191 e. The van der Waals surface area contributed by atoms with Crippen molar-refractivity contribution in [1.82, 2.24) is 25.4 Å². The molecule has 9 nitrogen and oxygen atoms in total. The molecular weight excluding hydrogens is 372 g/mol. The van der Waals surface area contributed by atoms with Crippen LogP contribution in [0.2, 0.25) is 0 Å². The van der Waals surface area contributed by atoms with Crippen LogP contribution >= 0.6 is 0 Å². The maximum absolute atomic E-state index is 5.52. The molecule has 1 aliphatic rings. The van der Waals surface area contributed by atoms with Crippen LogP contribution in [0.5, 0.6) is 17.2 Å². The molecule has 1 aromatic carbocycles. The number of rotatable bonds is 7. The molecule has 0 saturated carbocycles. The van der Waals surface area contributed by atoms with Crippen molar-refractivity contribution in [2.24, 2.45) is 4.99 Å². The topological polar surface area (TPSA) is 94.8 Å². The highest BCUT2D eigenvalue weighted by Gasteiger charge is 2.21. The summed E-state index contributed by atoms with van der Waals surface area (Å²) in [6.07, 6.45) is 2.63. The molecule has 0 radical (unpaired) electrons. The molecule has 0 aliphatic carbocycles. The number of hydrogen-bond acceptors (Lipinski definition) is 6. The van der Waals surface area contributed by atoms with Crippen molar-refractivity contribution in [2.45, 2.75) is 38.8 Å². The first-order valence-electron chi connectivity index (χ1n) is 9.74. The Labute approximate surface area is 171 Å². The van der Waals surface area contributed by atoms with Crippen LogP contribution in [0.3, 0.4) is 0 Å². The summed E-state index contributed by atoms with van der Waals surface area (Å²) in [6.45, 7) is 3.39. The lowest BCUT2D eigenvalue weighted by Crippen LogP contribution is -2.47. The van der Waals surface area contributed by atoms with Crippen LogP contribution in [0.4, 0.5) is 0 Å². The molecule has 1 atom stereocenters. The Hall–Kier alpha value is -2.97. The zero-order valence-corrected chi connectivity index (χ0v) is 17.8. The maximum atomic E-state index is 5.52. The van der Waals surface area contributed by atoms with Crippen LogP contribution in [0.1, 0.15) is 23.6 Å². The van der Waals surface area contributed by atoms with Gasteiger partial charge in [0.05, 0.1) is 27.9 Å². The minimum absolute atomic E-state index is 0.264. The van der Waals surface area contributed by atoms with Crippen molar-refractivity contribution in [3.8, 4) is 17.2 Å². The molecule has 158 valence electrons. The Morgan fingerprint density at radius 1 is 1.21 bits per heavy atom. The molecule has 2 heterocycles. The highest BCUT2D eigenvalue weighted by Crippen LogP contribution is 2.34. The molecule has 2 aromatic rings. The summed E-state index contributed by atoms with van der Waals surface area (Å²) < 4.78 is 18.3. The van der Waals surface area contributed by atoms with Gasteiger partial charge in [0.2, 0.25) is 0 Å². The zero-order valence-electron chi connectivity index (χ0n) is 17.8. The second-order valence-electron chi connectivity index (χ2n) is 6.90. The van der Waals surface area contributed by atoms with Gasteiger partial charge >= 0.3 is 0 Å². The number of guanidine groups is 1. The lowest BCUT2D eigenvalue weighted by atomic mass is 10.1. The molecule has 0 fully saturated rings. The van der Waals surface area contributed by atoms with E-state index in [0.29, 0.717) is 18.7 Å². The number of nitrogens with zero attached hydrogens (tertiary/aromatic N) is 4. The molecule has 1 aliphatic heterocycles. The number of aliphatic imine (C=N–C) groups is 1. The third kappa shape index (κ3) is 4.90. The summed E-state index contributed by atoms with van der Waals surface area (Å²) in [5.41, 5.74) is 0.985. The van der Waals surface area contributed by atoms with Gasteiger partial charge in [0.25, 0.3) is 0 Å². The number of aromatic nitrogens is 3. The second kappa shape index (κ2) is 9.49. The first-order valence-corrected chi connectivity index (χ1v) is 9.74. The molecular formula is C20H30N6O3. The van der Waals surface area contributed by atoms with E-state index in [2.05, 4.69) is 25.7 Å². The Morgan fingerprint density at radius 2 is 1.93 bits per heavy atom. The SMILES string of the molecule is CN=C(NCCc1c(OC)cc(OC)cc1OC)NC1CCc2nc(C)nn2C1. The highest BCUT2D eigenvalue weighted by molar-refractivity contribution is 5.80. The van der Waals surface area contributed by atoms with E-state index in [-0.39, 0.29) is 6.04 Å². The lowest BCUT2D eigenvalue weighted by molar-refractivity contribution is 0.368. The van der Waals surface area contributed by atoms with E-state index in [4.69, 9.17) is 14.2 Å². The smallest absolute Gasteiger partial charge is 0.191 e. The van der Waals surface area contributed by atoms with Crippen molar-refractivity contribution in [1.29, 1.82) is 0 Å². The quantitative estimate of drug-likeness (QED) is 0.533. The largest absolute Gasteiger partial charge is 0.496 e. The van der Waals surface area contributed by atoms with E-state index in [1.807, 2.05) is 23.7 Å². The molecule has 0 spiro atoms. The third-order valence-electron chi connectivity index (χ3n) is 5.01. The second-order valence-corrected chi connectivity index (χ2v) is 6.90. The van der Waals surface area contributed by atoms with Crippen LogP contribution in [-0.4, -0.2) is 61.7 Å². The number of hydrogen-bond donors (Lipinski definition) is 2. The van der Waals surface area contributed by atoms with Crippen LogP contribution in [0, 0.1) is 6.92 Å². The van der Waals surface area contributed by atoms with Crippen molar-refractivity contribution in [2.75, 3.05) is 34.9 Å². The van der Waals surface area contributed by atoms with E-state index in [1.165, 1.54) is 0 Å². The summed E-state index contributed by atoms with van der Waals surface area (Å²) in [5, 5.41) is 11.3. The van der Waals surface area contributed by atoms with Crippen LogP contribution in [-0.2, 0) is 19.4 Å². The van der Waals surface area contributed by atoms with Gasteiger partial charge in [-0.2, -0.15) is 5.10 Å². The van der Waals surface area contributed by atoms with Gasteiger partial charge in [-0.1, -0.05) is 0 Å². The highest BCUT2D eigenvalue weighted by atomic mass is 16.5. The monoisotopic (exact) mass is 402 g/mol. The Morgan fingerprint density at radius 3 is 2.55 bits per heavy atom. The predicted molar refractivity (Wildman–Crippen MR) is 111 cm³/mol. The van der Waals surface area contributed by atoms with E-state index >= 15 is 0 Å². The fourth-order valence-electron chi connectivity index (χ4n) is 3.57. The number of aryl methyl sites for hydroxylation is 2. The fourth-order valence-corrected chi connectivity index (χ4v) is 3.57. The van der Waals surface area contributed by atoms with Gasteiger partial charge < -0.3 is 24.8 Å². The minimum Gasteiger partial charge on any atom is -0.496 e. The molecule has 1 unspecified atom stereocenters. The van der Waals surface area contributed by atoms with Gasteiger partial charge in [-0.25, -0.2) is 9.67 Å². The summed E-state index contributed by atoms with van der Waals surface area (Å²) >= 11 is 0. The molecule has 3 rings (SSSR count). The van der Waals surface area contributed by atoms with Crippen molar-refractivity contribution in [3.63, 3.8) is 0 Å². The van der Waals surface area contributed by atoms with E-state index in [0.717, 1.165) is 54.1 Å². The van der Waals surface area contributed by atoms with Crippen molar-refractivity contribution in [3.05, 3.63) is 29.3 Å². The Balaban J connectivity index is 1.58. The molecule has 0 saturated heterocycles. The first kappa shape index (κ1) is 20.8. The van der Waals surface area contributed by atoms with Gasteiger partial charge in [0, 0.05) is 43.8 Å². The third-order valence-corrected chi connectivity index (χ3v) is 5.01. The number of benzene rings is 1. The zero-order chi connectivity index (χ0) is 20.8. The summed E-state index contributed by atoms with van der Waals surface area (Å²) in [6, 6.07) is 4.00. The van der Waals surface area contributed by atoms with Crippen LogP contribution in [0.15, 0.2) is 17.1 Å². The van der Waals surface area contributed by atoms with E-state index < -0.39 is 0 Å². The van der Waals surface area contributed by atoms with Crippen LogP contribution < -0.4 is 24.8 Å². The molecule has 2 N–H and O–H groups in total. The van der Waals surface area contributed by atoms with E-state index in [9.17, 15) is 0 Å². The molecule has 0 amide bonds. The average molecular weight is 402 g/mol. The summed E-state index contributed by atoms with van der Waals surface area (Å²) in [5.74, 6) is 4.84. The molecule has 29 heavy (non-hydrogen) atoms. The lowest BCUT2D eigenvalue weighted by Gasteiger charge is -2.25. The number of nitrogens with one attached hydrogen (secondary N) is 2. The molecule has 9 heteroatoms. The summed E-state index contributed by atoms with van der Waals surface area (Å²) in [4.78, 5) is 8.81. The minimum atomic E-state index is 0.264. The van der Waals surface area contributed by atoms with Crippen LogP contribution in [0.25, 0.3) is 0 Å².